The van der Waals surface area contributed by atoms with Crippen LogP contribution in [-0.2, 0) is 4.74 Å². The lowest BCUT2D eigenvalue weighted by Crippen LogP contribution is -2.37. The van der Waals surface area contributed by atoms with Crippen molar-refractivity contribution in [2.24, 2.45) is 0 Å². The molecule has 0 saturated heterocycles. The Labute approximate surface area is 142 Å². The zero-order valence-electron chi connectivity index (χ0n) is 14.0. The molecule has 2 N–H and O–H groups in total. The first-order valence-corrected chi connectivity index (χ1v) is 11.2. The van der Waals surface area contributed by atoms with Crippen LogP contribution in [0.25, 0.3) is 11.3 Å². The number of ether oxygens (including phenoxy) is 1. The van der Waals surface area contributed by atoms with Gasteiger partial charge in [0.2, 0.25) is 0 Å². The maximum atomic E-state index is 11.8. The second-order valence-electron chi connectivity index (χ2n) is 6.48. The van der Waals surface area contributed by atoms with Crippen LogP contribution >= 0.6 is 11.6 Å². The fourth-order valence-electron chi connectivity index (χ4n) is 2.31. The van der Waals surface area contributed by atoms with Gasteiger partial charge in [-0.1, -0.05) is 60.7 Å². The van der Waals surface area contributed by atoms with E-state index in [1.807, 2.05) is 19.1 Å². The maximum Gasteiger partial charge on any atom is 0.358 e. The number of nitrogen functional groups attached to an aromatic ring is 1. The Morgan fingerprint density at radius 2 is 1.78 bits per heavy atom. The third-order valence-electron chi connectivity index (χ3n) is 3.83. The summed E-state index contributed by atoms with van der Waals surface area (Å²) < 4.78 is 4.73. The Hall–Kier alpha value is -1.85. The lowest BCUT2D eigenvalue weighted by atomic mass is 10.0. The van der Waals surface area contributed by atoms with Crippen LogP contribution in [0.2, 0.25) is 24.7 Å². The highest BCUT2D eigenvalue weighted by atomic mass is 35.5. The van der Waals surface area contributed by atoms with E-state index in [-0.39, 0.29) is 10.7 Å². The number of anilines is 1. The van der Waals surface area contributed by atoms with Gasteiger partial charge in [-0.15, -0.1) is 0 Å². The van der Waals surface area contributed by atoms with Crippen LogP contribution in [0.3, 0.4) is 0 Å². The number of esters is 1. The molecule has 1 aromatic carbocycles. The third kappa shape index (κ3) is 3.40. The van der Waals surface area contributed by atoms with Crippen molar-refractivity contribution in [3.8, 4) is 11.3 Å². The van der Waals surface area contributed by atoms with E-state index >= 15 is 0 Å². The second-order valence-corrected chi connectivity index (χ2v) is 11.9. The van der Waals surface area contributed by atoms with Crippen molar-refractivity contribution in [3.05, 3.63) is 40.5 Å². The minimum atomic E-state index is -1.37. The zero-order chi connectivity index (χ0) is 17.4. The van der Waals surface area contributed by atoms with Gasteiger partial charge >= 0.3 is 5.97 Å². The van der Waals surface area contributed by atoms with E-state index in [1.165, 1.54) is 12.3 Å². The minimum Gasteiger partial charge on any atom is -0.464 e. The summed E-state index contributed by atoms with van der Waals surface area (Å²) in [6.45, 7) is 8.72. The Balaban J connectivity index is 2.59. The number of methoxy groups -OCH3 is 1. The highest BCUT2D eigenvalue weighted by Crippen LogP contribution is 2.32. The van der Waals surface area contributed by atoms with E-state index in [1.54, 1.807) is 0 Å². The molecule has 0 bridgehead atoms. The molecule has 0 aliphatic carbocycles. The molecular formula is C17H21ClN2O2Si. The fourth-order valence-corrected chi connectivity index (χ4v) is 3.73. The van der Waals surface area contributed by atoms with E-state index < -0.39 is 14.0 Å². The molecule has 4 nitrogen and oxygen atoms in total. The van der Waals surface area contributed by atoms with Crippen molar-refractivity contribution in [2.75, 3.05) is 12.8 Å². The predicted octanol–water partition coefficient (Wildman–Crippen LogP) is 3.62. The quantitative estimate of drug-likeness (QED) is 0.679. The molecule has 122 valence electrons. The highest BCUT2D eigenvalue weighted by Gasteiger charge is 2.21. The number of nitrogens with zero attached hydrogens (tertiary/aromatic N) is 1. The molecule has 0 spiro atoms. The van der Waals surface area contributed by atoms with Crippen LogP contribution in [0.15, 0.2) is 24.3 Å². The van der Waals surface area contributed by atoms with E-state index in [0.717, 1.165) is 11.1 Å². The summed E-state index contributed by atoms with van der Waals surface area (Å²) in [5.74, 6) is -0.596. The number of pyridine rings is 1. The molecule has 0 radical (unpaired) electrons. The Morgan fingerprint density at radius 3 is 2.26 bits per heavy atom. The van der Waals surface area contributed by atoms with Crippen molar-refractivity contribution < 1.29 is 9.53 Å². The summed E-state index contributed by atoms with van der Waals surface area (Å²) in [5.41, 5.74) is 8.74. The number of carbonyl (C=O) groups is 1. The van der Waals surface area contributed by atoms with Gasteiger partial charge in [-0.25, -0.2) is 9.78 Å². The lowest BCUT2D eigenvalue weighted by Gasteiger charge is -2.17. The average molecular weight is 349 g/mol. The van der Waals surface area contributed by atoms with Crippen LogP contribution in [0.4, 0.5) is 5.69 Å². The number of halogens is 1. The van der Waals surface area contributed by atoms with E-state index in [4.69, 9.17) is 22.1 Å². The first kappa shape index (κ1) is 17.5. The van der Waals surface area contributed by atoms with Gasteiger partial charge < -0.3 is 10.5 Å². The third-order valence-corrected chi connectivity index (χ3v) is 6.28. The number of rotatable bonds is 3. The van der Waals surface area contributed by atoms with E-state index in [9.17, 15) is 4.79 Å². The van der Waals surface area contributed by atoms with Gasteiger partial charge in [0.15, 0.2) is 5.69 Å². The number of carbonyl (C=O) groups excluding carboxylic acids is 1. The van der Waals surface area contributed by atoms with Gasteiger partial charge in [-0.05, 0) is 12.5 Å². The second kappa shape index (κ2) is 6.33. The van der Waals surface area contributed by atoms with Crippen LogP contribution in [0.1, 0.15) is 16.1 Å². The van der Waals surface area contributed by atoms with Crippen LogP contribution in [0.5, 0.6) is 0 Å². The molecule has 0 aliphatic rings. The number of benzene rings is 1. The van der Waals surface area contributed by atoms with Crippen LogP contribution in [0, 0.1) is 6.92 Å². The number of nitrogens with two attached hydrogens (primary N) is 1. The van der Waals surface area contributed by atoms with Crippen molar-refractivity contribution in [1.29, 1.82) is 0 Å². The first-order chi connectivity index (χ1) is 10.7. The standard InChI is InChI=1S/C17H21ClN2O2Si/c1-10-14(19)13(18)16(17(21)22-2)20-15(10)11-6-8-12(9-7-11)23(3,4)5/h6-9H,1-5H3,(H2,19,20). The summed E-state index contributed by atoms with van der Waals surface area (Å²) >= 11 is 6.13. The summed E-state index contributed by atoms with van der Waals surface area (Å²) in [5, 5.41) is 1.49. The molecule has 6 heteroatoms. The van der Waals surface area contributed by atoms with Crippen molar-refractivity contribution in [2.45, 2.75) is 26.6 Å². The normalized spacial score (nSPS) is 11.4. The molecule has 23 heavy (non-hydrogen) atoms. The Kier molecular flexibility index (Phi) is 4.82. The number of hydrogen-bond donors (Lipinski definition) is 1. The van der Waals surface area contributed by atoms with E-state index in [2.05, 4.69) is 36.8 Å². The molecule has 2 rings (SSSR count). The molecule has 1 heterocycles. The van der Waals surface area contributed by atoms with Crippen molar-refractivity contribution in [1.82, 2.24) is 4.98 Å². The van der Waals surface area contributed by atoms with Gasteiger partial charge in [-0.3, -0.25) is 0 Å². The zero-order valence-corrected chi connectivity index (χ0v) is 15.8. The summed E-state index contributed by atoms with van der Waals surface area (Å²) in [7, 11) is -0.0751. The Morgan fingerprint density at radius 1 is 1.22 bits per heavy atom. The monoisotopic (exact) mass is 348 g/mol. The SMILES string of the molecule is COC(=O)c1nc(-c2ccc([Si](C)(C)C)cc2)c(C)c(N)c1Cl. The minimum absolute atomic E-state index is 0.0431. The number of aromatic nitrogens is 1. The molecule has 0 saturated carbocycles. The molecular weight excluding hydrogens is 328 g/mol. The molecule has 0 atom stereocenters. The van der Waals surface area contributed by atoms with Gasteiger partial charge in [0.1, 0.15) is 0 Å². The van der Waals surface area contributed by atoms with Gasteiger partial charge in [0.05, 0.1) is 31.6 Å². The van der Waals surface area contributed by atoms with Crippen molar-refractivity contribution in [3.63, 3.8) is 0 Å². The molecule has 0 unspecified atom stereocenters. The summed E-state index contributed by atoms with van der Waals surface area (Å²) in [6.07, 6.45) is 0. The first-order valence-electron chi connectivity index (χ1n) is 7.31. The highest BCUT2D eigenvalue weighted by molar-refractivity contribution is 6.88. The van der Waals surface area contributed by atoms with Gasteiger partial charge in [0.25, 0.3) is 0 Å². The van der Waals surface area contributed by atoms with Crippen LogP contribution in [-0.4, -0.2) is 26.1 Å². The smallest absolute Gasteiger partial charge is 0.358 e. The number of hydrogen-bond acceptors (Lipinski definition) is 4. The van der Waals surface area contributed by atoms with Crippen molar-refractivity contribution >= 4 is 36.5 Å². The van der Waals surface area contributed by atoms with Gasteiger partial charge in [0, 0.05) is 5.56 Å². The Bertz CT molecular complexity index is 753. The summed E-state index contributed by atoms with van der Waals surface area (Å²) in [4.78, 5) is 16.2. The lowest BCUT2D eigenvalue weighted by molar-refractivity contribution is 0.0594. The average Bonchev–Trinajstić information content (AvgIpc) is 2.51. The molecule has 2 aromatic rings. The predicted molar refractivity (Wildman–Crippen MR) is 98.2 cm³/mol. The molecule has 0 aliphatic heterocycles. The maximum absolute atomic E-state index is 11.8. The van der Waals surface area contributed by atoms with Gasteiger partial charge in [-0.2, -0.15) is 0 Å². The largest absolute Gasteiger partial charge is 0.464 e. The van der Waals surface area contributed by atoms with Crippen LogP contribution < -0.4 is 10.9 Å². The summed E-state index contributed by atoms with van der Waals surface area (Å²) in [6, 6.07) is 8.26. The topological polar surface area (TPSA) is 65.2 Å². The molecule has 0 amide bonds. The molecule has 1 aromatic heterocycles. The fraction of sp³-hybridized carbons (Fsp3) is 0.294. The molecule has 0 fully saturated rings. The van der Waals surface area contributed by atoms with E-state index in [0.29, 0.717) is 11.4 Å².